The van der Waals surface area contributed by atoms with E-state index in [1.165, 1.54) is 19.3 Å². The van der Waals surface area contributed by atoms with Crippen LogP contribution in [-0.4, -0.2) is 23.4 Å². The first-order valence-corrected chi connectivity index (χ1v) is 6.33. The molecular weight excluding hydrogens is 188 g/mol. The molecule has 2 N–H and O–H groups in total. The predicted octanol–water partition coefficient (Wildman–Crippen LogP) is 2.05. The van der Waals surface area contributed by atoms with Crippen molar-refractivity contribution in [1.82, 2.24) is 0 Å². The van der Waals surface area contributed by atoms with Crippen LogP contribution in [0.15, 0.2) is 0 Å². The molecule has 0 aliphatic heterocycles. The fourth-order valence-electron chi connectivity index (χ4n) is 4.06. The Morgan fingerprint density at radius 3 is 2.53 bits per heavy atom. The number of hydrogen-bond acceptors (Lipinski definition) is 2. The zero-order chi connectivity index (χ0) is 11.1. The Balaban J connectivity index is 2.01. The molecule has 2 bridgehead atoms. The summed E-state index contributed by atoms with van der Waals surface area (Å²) in [5.41, 5.74) is 0.366. The zero-order valence-electron chi connectivity index (χ0n) is 9.95. The minimum atomic E-state index is 0.324. The third-order valence-electron chi connectivity index (χ3n) is 5.38. The lowest BCUT2D eigenvalue weighted by Crippen LogP contribution is -2.35. The Bertz CT molecular complexity index is 229. The monoisotopic (exact) mass is 212 g/mol. The molecule has 5 unspecified atom stereocenters. The van der Waals surface area contributed by atoms with E-state index in [0.29, 0.717) is 24.5 Å². The Morgan fingerprint density at radius 2 is 2.07 bits per heavy atom. The number of fused-ring (bicyclic) bond motifs is 2. The highest BCUT2D eigenvalue weighted by Crippen LogP contribution is 2.61. The van der Waals surface area contributed by atoms with Gasteiger partial charge in [-0.2, -0.15) is 0 Å². The summed E-state index contributed by atoms with van der Waals surface area (Å²) in [7, 11) is 0. The van der Waals surface area contributed by atoms with Gasteiger partial charge in [-0.15, -0.1) is 0 Å². The van der Waals surface area contributed by atoms with Crippen LogP contribution in [0.5, 0.6) is 0 Å². The molecule has 0 radical (unpaired) electrons. The van der Waals surface area contributed by atoms with Crippen molar-refractivity contribution in [3.8, 4) is 0 Å². The van der Waals surface area contributed by atoms with Crippen molar-refractivity contribution in [1.29, 1.82) is 0 Å². The standard InChI is InChI=1S/C13H24O2/c1-9(8-15)13(2)7-11-6-12(13)5-10(11)3-4-14/h9-12,14-15H,3-8H2,1-2H3. The second kappa shape index (κ2) is 4.06. The zero-order valence-corrected chi connectivity index (χ0v) is 9.95. The SMILES string of the molecule is CC(CO)C1(C)CC2CC1CC2CCO. The van der Waals surface area contributed by atoms with E-state index in [4.69, 9.17) is 5.11 Å². The summed E-state index contributed by atoms with van der Waals surface area (Å²) in [6, 6.07) is 0. The van der Waals surface area contributed by atoms with E-state index in [2.05, 4.69) is 13.8 Å². The Kier molecular flexibility index (Phi) is 3.09. The second-order valence-corrected chi connectivity index (χ2v) is 5.99. The molecule has 5 atom stereocenters. The van der Waals surface area contributed by atoms with E-state index in [0.717, 1.165) is 24.2 Å². The van der Waals surface area contributed by atoms with Gasteiger partial charge >= 0.3 is 0 Å². The van der Waals surface area contributed by atoms with Crippen molar-refractivity contribution in [3.05, 3.63) is 0 Å². The van der Waals surface area contributed by atoms with Gasteiger partial charge in [-0.05, 0) is 54.8 Å². The van der Waals surface area contributed by atoms with Crippen LogP contribution in [-0.2, 0) is 0 Å². The summed E-state index contributed by atoms with van der Waals surface area (Å²) in [5, 5.41) is 18.3. The van der Waals surface area contributed by atoms with Gasteiger partial charge in [0.05, 0.1) is 0 Å². The Labute approximate surface area is 92.7 Å². The highest BCUT2D eigenvalue weighted by molar-refractivity contribution is 5.03. The van der Waals surface area contributed by atoms with Crippen molar-refractivity contribution in [3.63, 3.8) is 0 Å². The molecule has 2 heteroatoms. The maximum Gasteiger partial charge on any atom is 0.0461 e. The Hall–Kier alpha value is -0.0800. The molecule has 0 spiro atoms. The molecule has 2 aliphatic rings. The van der Waals surface area contributed by atoms with E-state index in [1.54, 1.807) is 0 Å². The highest BCUT2D eigenvalue weighted by Gasteiger charge is 2.53. The quantitative estimate of drug-likeness (QED) is 0.749. The van der Waals surface area contributed by atoms with Crippen LogP contribution in [0.4, 0.5) is 0 Å². The van der Waals surface area contributed by atoms with Gasteiger partial charge in [0, 0.05) is 13.2 Å². The van der Waals surface area contributed by atoms with Crippen molar-refractivity contribution in [2.45, 2.75) is 39.5 Å². The summed E-state index contributed by atoms with van der Waals surface area (Å²) >= 11 is 0. The number of rotatable bonds is 4. The van der Waals surface area contributed by atoms with Crippen LogP contribution in [0.25, 0.3) is 0 Å². The van der Waals surface area contributed by atoms with Crippen molar-refractivity contribution < 1.29 is 10.2 Å². The minimum absolute atomic E-state index is 0.324. The molecule has 15 heavy (non-hydrogen) atoms. The van der Waals surface area contributed by atoms with E-state index in [1.807, 2.05) is 0 Å². The first kappa shape index (κ1) is 11.4. The molecule has 0 amide bonds. The second-order valence-electron chi connectivity index (χ2n) is 5.99. The lowest BCUT2D eigenvalue weighted by atomic mass is 9.64. The third-order valence-corrected chi connectivity index (χ3v) is 5.38. The summed E-state index contributed by atoms with van der Waals surface area (Å²) in [6.45, 7) is 5.21. The van der Waals surface area contributed by atoms with Crippen LogP contribution < -0.4 is 0 Å². The Morgan fingerprint density at radius 1 is 1.33 bits per heavy atom. The van der Waals surface area contributed by atoms with E-state index in [-0.39, 0.29) is 0 Å². The molecule has 0 saturated heterocycles. The minimum Gasteiger partial charge on any atom is -0.396 e. The predicted molar refractivity (Wildman–Crippen MR) is 60.4 cm³/mol. The molecule has 2 aliphatic carbocycles. The molecule has 0 heterocycles. The number of aliphatic hydroxyl groups is 2. The normalized spacial score (nSPS) is 46.0. The van der Waals surface area contributed by atoms with Gasteiger partial charge in [-0.3, -0.25) is 0 Å². The molecular formula is C13H24O2. The first-order valence-electron chi connectivity index (χ1n) is 6.33. The smallest absolute Gasteiger partial charge is 0.0461 e. The topological polar surface area (TPSA) is 40.5 Å². The average molecular weight is 212 g/mol. The molecule has 2 nitrogen and oxygen atoms in total. The third kappa shape index (κ3) is 1.72. The van der Waals surface area contributed by atoms with Gasteiger partial charge in [0.1, 0.15) is 0 Å². The lowest BCUT2D eigenvalue weighted by Gasteiger charge is -2.41. The van der Waals surface area contributed by atoms with Gasteiger partial charge in [0.25, 0.3) is 0 Å². The molecule has 0 aromatic carbocycles. The van der Waals surface area contributed by atoms with Gasteiger partial charge in [0.15, 0.2) is 0 Å². The molecule has 2 rings (SSSR count). The van der Waals surface area contributed by atoms with Gasteiger partial charge in [-0.25, -0.2) is 0 Å². The summed E-state index contributed by atoms with van der Waals surface area (Å²) in [5.74, 6) is 2.81. The van der Waals surface area contributed by atoms with Crippen LogP contribution in [0.3, 0.4) is 0 Å². The molecule has 0 aromatic heterocycles. The van der Waals surface area contributed by atoms with Crippen LogP contribution >= 0.6 is 0 Å². The first-order chi connectivity index (χ1) is 7.11. The van der Waals surface area contributed by atoms with Gasteiger partial charge in [0.2, 0.25) is 0 Å². The molecule has 2 fully saturated rings. The largest absolute Gasteiger partial charge is 0.396 e. The van der Waals surface area contributed by atoms with E-state index < -0.39 is 0 Å². The fraction of sp³-hybridized carbons (Fsp3) is 1.00. The van der Waals surface area contributed by atoms with Gasteiger partial charge in [-0.1, -0.05) is 13.8 Å². The molecule has 2 saturated carbocycles. The van der Waals surface area contributed by atoms with Crippen LogP contribution in [0, 0.1) is 29.1 Å². The van der Waals surface area contributed by atoms with E-state index in [9.17, 15) is 5.11 Å². The van der Waals surface area contributed by atoms with Crippen LogP contribution in [0.2, 0.25) is 0 Å². The maximum absolute atomic E-state index is 9.32. The average Bonchev–Trinajstić information content (AvgIpc) is 2.74. The molecule has 0 aromatic rings. The number of hydrogen-bond donors (Lipinski definition) is 2. The summed E-state index contributed by atoms with van der Waals surface area (Å²) in [4.78, 5) is 0. The molecule has 88 valence electrons. The van der Waals surface area contributed by atoms with E-state index >= 15 is 0 Å². The fourth-order valence-corrected chi connectivity index (χ4v) is 4.06. The summed E-state index contributed by atoms with van der Waals surface area (Å²) < 4.78 is 0. The van der Waals surface area contributed by atoms with Crippen molar-refractivity contribution in [2.75, 3.05) is 13.2 Å². The summed E-state index contributed by atoms with van der Waals surface area (Å²) in [6.07, 6.45) is 4.88. The van der Waals surface area contributed by atoms with Crippen LogP contribution in [0.1, 0.15) is 39.5 Å². The lowest BCUT2D eigenvalue weighted by molar-refractivity contribution is 0.0420. The maximum atomic E-state index is 9.32. The number of aliphatic hydroxyl groups excluding tert-OH is 2. The highest BCUT2D eigenvalue weighted by atomic mass is 16.3. The van der Waals surface area contributed by atoms with Crippen molar-refractivity contribution in [2.24, 2.45) is 29.1 Å². The van der Waals surface area contributed by atoms with Crippen molar-refractivity contribution >= 4 is 0 Å². The van der Waals surface area contributed by atoms with Gasteiger partial charge < -0.3 is 10.2 Å².